The van der Waals surface area contributed by atoms with Crippen LogP contribution < -0.4 is 10.2 Å². The molecular formula is C35H47N6O4S+. The summed E-state index contributed by atoms with van der Waals surface area (Å²) in [6.07, 6.45) is 22.7. The fraction of sp³-hybridized carbons (Fsp3) is 0.486. The molecule has 0 saturated heterocycles. The van der Waals surface area contributed by atoms with Crippen LogP contribution in [-0.4, -0.2) is 61.9 Å². The molecule has 2 heterocycles. The van der Waals surface area contributed by atoms with Gasteiger partial charge in [-0.25, -0.2) is 4.58 Å². The van der Waals surface area contributed by atoms with Gasteiger partial charge in [0.05, 0.1) is 16.2 Å². The minimum Gasteiger partial charge on any atom is -0.356 e. The van der Waals surface area contributed by atoms with Crippen LogP contribution in [0.2, 0.25) is 0 Å². The van der Waals surface area contributed by atoms with E-state index < -0.39 is 15.5 Å². The summed E-state index contributed by atoms with van der Waals surface area (Å²) in [6, 6.07) is 5.15. The first-order chi connectivity index (χ1) is 21.8. The minimum atomic E-state index is -4.34. The molecule has 2 N–H and O–H groups in total. The molecule has 2 unspecified atom stereocenters. The number of amides is 1. The highest BCUT2D eigenvalue weighted by Gasteiger charge is 2.51. The van der Waals surface area contributed by atoms with Crippen molar-refractivity contribution in [2.75, 3.05) is 31.6 Å². The number of rotatable bonds is 14. The van der Waals surface area contributed by atoms with Crippen molar-refractivity contribution >= 4 is 27.4 Å². The number of nitrogens with one attached hydrogen (secondary N) is 1. The topological polar surface area (TPSA) is 138 Å². The number of nitrogens with zero attached hydrogens (tertiary/aromatic N) is 5. The summed E-state index contributed by atoms with van der Waals surface area (Å²) < 4.78 is 36.0. The number of unbranched alkanes of at least 4 members (excludes halogenated alkanes) is 2. The lowest BCUT2D eigenvalue weighted by Crippen LogP contribution is -2.30. The highest BCUT2D eigenvalue weighted by atomic mass is 32.2. The Labute approximate surface area is 273 Å². The van der Waals surface area contributed by atoms with E-state index >= 15 is 0 Å². The molecule has 246 valence electrons. The quantitative estimate of drug-likeness (QED) is 0.0444. The number of azide groups is 1. The second kappa shape index (κ2) is 14.7. The van der Waals surface area contributed by atoms with E-state index in [2.05, 4.69) is 102 Å². The Hall–Kier alpha value is -3.92. The van der Waals surface area contributed by atoms with E-state index in [-0.39, 0.29) is 16.2 Å². The molecule has 3 aliphatic rings. The van der Waals surface area contributed by atoms with Crippen molar-refractivity contribution in [3.63, 3.8) is 0 Å². The lowest BCUT2D eigenvalue weighted by molar-refractivity contribution is -0.521. The Morgan fingerprint density at radius 2 is 1.87 bits per heavy atom. The number of hydrogen-bond acceptors (Lipinski definition) is 5. The normalized spacial score (nSPS) is 22.1. The largest absolute Gasteiger partial charge is 0.356 e. The van der Waals surface area contributed by atoms with Crippen molar-refractivity contribution in [3.8, 4) is 0 Å². The average molecular weight is 648 g/mol. The molecular weight excluding hydrogens is 600 g/mol. The van der Waals surface area contributed by atoms with E-state index in [1.54, 1.807) is 12.1 Å². The summed E-state index contributed by atoms with van der Waals surface area (Å²) in [5, 5.41) is 6.33. The van der Waals surface area contributed by atoms with Crippen molar-refractivity contribution in [2.24, 2.45) is 16.4 Å². The molecule has 0 spiro atoms. The average Bonchev–Trinajstić information content (AvgIpc) is 3.34. The number of benzene rings is 1. The third kappa shape index (κ3) is 7.71. The number of anilines is 1. The fourth-order valence-electron chi connectivity index (χ4n) is 6.91. The number of carbonyl (C=O) groups is 1. The third-order valence-electron chi connectivity index (χ3n) is 9.42. The Morgan fingerprint density at radius 1 is 1.11 bits per heavy atom. The molecule has 0 radical (unpaired) electrons. The van der Waals surface area contributed by atoms with Gasteiger partial charge in [-0.15, -0.1) is 0 Å². The van der Waals surface area contributed by atoms with Crippen LogP contribution in [-0.2, 0) is 20.3 Å². The molecule has 0 aromatic heterocycles. The molecule has 0 bridgehead atoms. The zero-order valence-corrected chi connectivity index (χ0v) is 28.4. The van der Waals surface area contributed by atoms with E-state index in [1.807, 2.05) is 12.2 Å². The van der Waals surface area contributed by atoms with E-state index in [9.17, 15) is 17.8 Å². The first-order valence-corrected chi connectivity index (χ1v) is 17.4. The van der Waals surface area contributed by atoms with Gasteiger partial charge < -0.3 is 10.2 Å². The minimum absolute atomic E-state index is 0.00782. The van der Waals surface area contributed by atoms with Crippen molar-refractivity contribution in [1.29, 1.82) is 0 Å². The highest BCUT2D eigenvalue weighted by molar-refractivity contribution is 7.85. The van der Waals surface area contributed by atoms with Crippen molar-refractivity contribution < 1.29 is 22.3 Å². The molecule has 4 rings (SSSR count). The Bertz CT molecular complexity index is 1660. The first-order valence-electron chi connectivity index (χ1n) is 16.0. The van der Waals surface area contributed by atoms with Crippen LogP contribution in [0.3, 0.4) is 0 Å². The zero-order chi connectivity index (χ0) is 33.5. The molecule has 11 heteroatoms. The van der Waals surface area contributed by atoms with Gasteiger partial charge in [-0.05, 0) is 74.6 Å². The monoisotopic (exact) mass is 647 g/mol. The maximum Gasteiger partial charge on any atom is 0.294 e. The lowest BCUT2D eigenvalue weighted by Gasteiger charge is -2.27. The number of hydrogen-bond donors (Lipinski definition) is 2. The second-order valence-corrected chi connectivity index (χ2v) is 14.6. The lowest BCUT2D eigenvalue weighted by atomic mass is 9.73. The van der Waals surface area contributed by atoms with E-state index in [0.717, 1.165) is 36.2 Å². The number of allylic oxidation sites excluding steroid dienone is 8. The van der Waals surface area contributed by atoms with Crippen LogP contribution in [0, 0.1) is 11.3 Å². The van der Waals surface area contributed by atoms with Crippen LogP contribution >= 0.6 is 0 Å². The Balaban J connectivity index is 1.47. The summed E-state index contributed by atoms with van der Waals surface area (Å²) in [5.41, 5.74) is 11.9. The molecule has 2 aliphatic heterocycles. The van der Waals surface area contributed by atoms with Crippen molar-refractivity contribution in [1.82, 2.24) is 5.32 Å². The molecule has 0 fully saturated rings. The summed E-state index contributed by atoms with van der Waals surface area (Å²) >= 11 is 0. The summed E-state index contributed by atoms with van der Waals surface area (Å²) in [4.78, 5) is 17.0. The van der Waals surface area contributed by atoms with E-state index in [1.165, 1.54) is 11.8 Å². The number of fused-ring (bicyclic) bond motifs is 2. The highest BCUT2D eigenvalue weighted by Crippen LogP contribution is 2.48. The van der Waals surface area contributed by atoms with Gasteiger partial charge in [0.15, 0.2) is 11.8 Å². The summed E-state index contributed by atoms with van der Waals surface area (Å²) in [6.45, 7) is 10.3. The van der Waals surface area contributed by atoms with Gasteiger partial charge in [-0.1, -0.05) is 61.8 Å². The molecule has 1 aromatic carbocycles. The van der Waals surface area contributed by atoms with Gasteiger partial charge in [0.25, 0.3) is 10.1 Å². The Morgan fingerprint density at radius 3 is 2.59 bits per heavy atom. The molecule has 0 saturated carbocycles. The van der Waals surface area contributed by atoms with Crippen LogP contribution in [0.25, 0.3) is 10.4 Å². The maximum atomic E-state index is 12.2. The van der Waals surface area contributed by atoms with Gasteiger partial charge in [0, 0.05) is 53.8 Å². The molecule has 10 nitrogen and oxygen atoms in total. The zero-order valence-electron chi connectivity index (χ0n) is 27.6. The van der Waals surface area contributed by atoms with Crippen LogP contribution in [0.4, 0.5) is 5.69 Å². The Kier molecular flexibility index (Phi) is 11.1. The first kappa shape index (κ1) is 34.9. The SMILES string of the molecule is C[N+]1=C(C=CC=CC=C2N(CCCCCC(=O)NCCCN=[N+]=[N-])c3ccc(S(=O)(=O)O)cc3C2(C)C)C(C)(C)C2C=CC=CC21. The van der Waals surface area contributed by atoms with Crippen molar-refractivity contribution in [2.45, 2.75) is 76.2 Å². The van der Waals surface area contributed by atoms with E-state index in [4.69, 9.17) is 5.53 Å². The smallest absolute Gasteiger partial charge is 0.294 e. The summed E-state index contributed by atoms with van der Waals surface area (Å²) in [7, 11) is -2.19. The predicted molar refractivity (Wildman–Crippen MR) is 184 cm³/mol. The van der Waals surface area contributed by atoms with Crippen molar-refractivity contribution in [3.05, 3.63) is 94.6 Å². The van der Waals surface area contributed by atoms with Crippen LogP contribution in [0.5, 0.6) is 0 Å². The molecule has 2 atom stereocenters. The molecule has 1 aromatic rings. The van der Waals surface area contributed by atoms with E-state index in [0.29, 0.717) is 44.4 Å². The molecule has 1 aliphatic carbocycles. The van der Waals surface area contributed by atoms with Gasteiger partial charge in [-0.3, -0.25) is 9.35 Å². The van der Waals surface area contributed by atoms with Gasteiger partial charge in [0.1, 0.15) is 7.05 Å². The standard InChI is InChI=1S/C35H46N6O4S/c1-34(2)27-15-11-12-16-29(27)40(5)31(34)17-8-6-9-18-32-35(3,4)28-25-26(46(43,44)45)20-21-30(28)41(32)24-13-7-10-19-33(42)37-22-14-23-38-39-36/h6,8-9,11-12,15-18,20-21,25,27,29H,7,10,13-14,19,22-24H2,1-5H3,(H-,37,42,43,44,45)/p+1. The molecule has 46 heavy (non-hydrogen) atoms. The number of likely N-dealkylation sites (N-methyl/N-ethyl adjacent to an activating group) is 1. The van der Waals surface area contributed by atoms with Gasteiger partial charge >= 0.3 is 0 Å². The van der Waals surface area contributed by atoms with Crippen LogP contribution in [0.15, 0.2) is 88.6 Å². The second-order valence-electron chi connectivity index (χ2n) is 13.2. The van der Waals surface area contributed by atoms with Crippen LogP contribution in [0.1, 0.15) is 65.4 Å². The summed E-state index contributed by atoms with van der Waals surface area (Å²) in [5.74, 6) is 0.416. The van der Waals surface area contributed by atoms with Gasteiger partial charge in [-0.2, -0.15) is 8.42 Å². The predicted octanol–water partition coefficient (Wildman–Crippen LogP) is 6.64. The maximum absolute atomic E-state index is 12.2. The van der Waals surface area contributed by atoms with Gasteiger partial charge in [0.2, 0.25) is 5.91 Å². The third-order valence-corrected chi connectivity index (χ3v) is 10.3. The molecule has 1 amide bonds. The number of carbonyl (C=O) groups excluding carboxylic acids is 1. The fourth-order valence-corrected chi connectivity index (χ4v) is 7.41.